The highest BCUT2D eigenvalue weighted by molar-refractivity contribution is 5.88. The van der Waals surface area contributed by atoms with Gasteiger partial charge in [-0.05, 0) is 49.2 Å². The molecule has 0 aliphatic carbocycles. The van der Waals surface area contributed by atoms with Gasteiger partial charge in [0.2, 0.25) is 0 Å². The van der Waals surface area contributed by atoms with Crippen LogP contribution in [0.4, 0.5) is 0 Å². The van der Waals surface area contributed by atoms with Crippen LogP contribution >= 0.6 is 0 Å². The van der Waals surface area contributed by atoms with Gasteiger partial charge in [0.05, 0.1) is 0 Å². The van der Waals surface area contributed by atoms with Crippen molar-refractivity contribution in [1.82, 2.24) is 4.57 Å². The smallest absolute Gasteiger partial charge is 0.341 e. The van der Waals surface area contributed by atoms with E-state index < -0.39 is 11.5 Å². The molecule has 2 heterocycles. The minimum atomic E-state index is -1.20. The van der Waals surface area contributed by atoms with Crippen molar-refractivity contribution in [2.45, 2.75) is 26.4 Å². The van der Waals surface area contributed by atoms with Gasteiger partial charge in [-0.15, -0.1) is 0 Å². The van der Waals surface area contributed by atoms with E-state index in [1.807, 2.05) is 19.1 Å². The fraction of sp³-hybridized carbons (Fsp3) is 0.250. The van der Waals surface area contributed by atoms with Crippen molar-refractivity contribution in [3.05, 3.63) is 57.5 Å². The summed E-state index contributed by atoms with van der Waals surface area (Å²) in [5.74, 6) is -0.380. The Morgan fingerprint density at radius 1 is 1.38 bits per heavy atom. The Hall–Kier alpha value is -2.56. The zero-order valence-electron chi connectivity index (χ0n) is 11.8. The molecule has 1 atom stereocenters. The minimum Gasteiger partial charge on any atom is -0.490 e. The van der Waals surface area contributed by atoms with Crippen LogP contribution in [-0.4, -0.2) is 21.7 Å². The molecule has 0 bridgehead atoms. The van der Waals surface area contributed by atoms with Crippen molar-refractivity contribution >= 4 is 5.97 Å². The predicted molar refractivity (Wildman–Crippen MR) is 77.5 cm³/mol. The third kappa shape index (κ3) is 2.20. The number of carbonyl (C=O) groups is 1. The summed E-state index contributed by atoms with van der Waals surface area (Å²) in [4.78, 5) is 23.6. The first-order valence-electron chi connectivity index (χ1n) is 6.73. The summed E-state index contributed by atoms with van der Waals surface area (Å²) in [5, 5.41) is 9.17. The number of nitrogens with zero attached hydrogens (tertiary/aromatic N) is 1. The molecule has 3 rings (SSSR count). The quantitative estimate of drug-likeness (QED) is 0.918. The average Bonchev–Trinajstić information content (AvgIpc) is 2.77. The summed E-state index contributed by atoms with van der Waals surface area (Å²) < 4.78 is 6.99. The molecule has 1 aromatic heterocycles. The lowest BCUT2D eigenvalue weighted by Gasteiger charge is -2.09. The van der Waals surface area contributed by atoms with Crippen LogP contribution in [0.2, 0.25) is 0 Å². The van der Waals surface area contributed by atoms with Crippen molar-refractivity contribution < 1.29 is 14.6 Å². The summed E-state index contributed by atoms with van der Waals surface area (Å²) in [6.45, 7) is 3.60. The molecule has 1 aliphatic heterocycles. The first-order valence-corrected chi connectivity index (χ1v) is 6.73. The Balaban J connectivity index is 2.15. The van der Waals surface area contributed by atoms with Crippen LogP contribution in [0, 0.1) is 6.92 Å². The van der Waals surface area contributed by atoms with Crippen LogP contribution in [-0.2, 0) is 6.42 Å². The predicted octanol–water partition coefficient (Wildman–Crippen LogP) is 2.17. The van der Waals surface area contributed by atoms with Gasteiger partial charge in [0.25, 0.3) is 5.56 Å². The SMILES string of the molecule is Cc1ccn(-c2ccc3c(c2)CC(C)O3)c(=O)c1C(=O)O. The van der Waals surface area contributed by atoms with E-state index >= 15 is 0 Å². The van der Waals surface area contributed by atoms with Gasteiger partial charge in [-0.2, -0.15) is 0 Å². The summed E-state index contributed by atoms with van der Waals surface area (Å²) in [7, 11) is 0. The minimum absolute atomic E-state index is 0.125. The fourth-order valence-corrected chi connectivity index (χ4v) is 2.65. The Morgan fingerprint density at radius 2 is 2.14 bits per heavy atom. The van der Waals surface area contributed by atoms with Crippen molar-refractivity contribution in [3.63, 3.8) is 0 Å². The largest absolute Gasteiger partial charge is 0.490 e. The molecule has 108 valence electrons. The lowest BCUT2D eigenvalue weighted by Crippen LogP contribution is -2.26. The molecule has 0 amide bonds. The van der Waals surface area contributed by atoms with Gasteiger partial charge in [0, 0.05) is 18.3 Å². The lowest BCUT2D eigenvalue weighted by molar-refractivity contribution is 0.0693. The van der Waals surface area contributed by atoms with Crippen LogP contribution in [0.1, 0.15) is 28.4 Å². The monoisotopic (exact) mass is 285 g/mol. The molecule has 1 aromatic carbocycles. The molecule has 0 fully saturated rings. The van der Waals surface area contributed by atoms with Gasteiger partial charge in [0.1, 0.15) is 17.4 Å². The molecule has 0 saturated carbocycles. The number of benzene rings is 1. The number of hydrogen-bond donors (Lipinski definition) is 1. The number of aromatic carboxylic acids is 1. The summed E-state index contributed by atoms with van der Waals surface area (Å²) >= 11 is 0. The van der Waals surface area contributed by atoms with E-state index in [1.165, 1.54) is 4.57 Å². The first-order chi connectivity index (χ1) is 9.97. The Labute approximate surface area is 121 Å². The van der Waals surface area contributed by atoms with Gasteiger partial charge >= 0.3 is 5.97 Å². The maximum absolute atomic E-state index is 12.3. The summed E-state index contributed by atoms with van der Waals surface area (Å²) in [6.07, 6.45) is 2.51. The molecule has 0 saturated heterocycles. The molecule has 1 unspecified atom stereocenters. The number of aryl methyl sites for hydroxylation is 1. The second-order valence-electron chi connectivity index (χ2n) is 5.28. The number of carboxylic acid groups (broad SMARTS) is 1. The second kappa shape index (κ2) is 4.77. The molecule has 1 N–H and O–H groups in total. The van der Waals surface area contributed by atoms with Crippen LogP contribution in [0.15, 0.2) is 35.3 Å². The number of aromatic nitrogens is 1. The van der Waals surface area contributed by atoms with Crippen molar-refractivity contribution in [2.75, 3.05) is 0 Å². The van der Waals surface area contributed by atoms with Crippen LogP contribution in [0.25, 0.3) is 5.69 Å². The molecule has 1 aliphatic rings. The maximum atomic E-state index is 12.3. The van der Waals surface area contributed by atoms with Crippen molar-refractivity contribution in [1.29, 1.82) is 0 Å². The molecule has 21 heavy (non-hydrogen) atoms. The Bertz CT molecular complexity index is 791. The van der Waals surface area contributed by atoms with Gasteiger partial charge in [-0.1, -0.05) is 0 Å². The van der Waals surface area contributed by atoms with Crippen LogP contribution in [0.3, 0.4) is 0 Å². The molecular formula is C16H15NO4. The number of pyridine rings is 1. The number of fused-ring (bicyclic) bond motifs is 1. The van der Waals surface area contributed by atoms with Gasteiger partial charge in [-0.3, -0.25) is 9.36 Å². The number of ether oxygens (including phenoxy) is 1. The standard InChI is InChI=1S/C16H15NO4/c1-9-5-6-17(15(18)14(9)16(19)20)12-3-4-13-11(8-12)7-10(2)21-13/h3-6,8,10H,7H2,1-2H3,(H,19,20). The average molecular weight is 285 g/mol. The van der Waals surface area contributed by atoms with Crippen LogP contribution in [0.5, 0.6) is 5.75 Å². The molecule has 5 nitrogen and oxygen atoms in total. The van der Waals surface area contributed by atoms with Gasteiger partial charge < -0.3 is 9.84 Å². The van der Waals surface area contributed by atoms with Crippen LogP contribution < -0.4 is 10.3 Å². The highest BCUT2D eigenvalue weighted by atomic mass is 16.5. The Morgan fingerprint density at radius 3 is 2.86 bits per heavy atom. The van der Waals surface area contributed by atoms with Crippen molar-refractivity contribution in [2.24, 2.45) is 0 Å². The number of hydrogen-bond acceptors (Lipinski definition) is 3. The molecule has 0 spiro atoms. The zero-order valence-corrected chi connectivity index (χ0v) is 11.8. The van der Waals surface area contributed by atoms with Gasteiger partial charge in [0.15, 0.2) is 0 Å². The number of rotatable bonds is 2. The lowest BCUT2D eigenvalue weighted by atomic mass is 10.1. The zero-order chi connectivity index (χ0) is 15.1. The van der Waals surface area contributed by atoms with E-state index in [-0.39, 0.29) is 11.7 Å². The van der Waals surface area contributed by atoms with E-state index in [9.17, 15) is 14.7 Å². The third-order valence-corrected chi connectivity index (χ3v) is 3.67. The van der Waals surface area contributed by atoms with E-state index in [0.717, 1.165) is 17.7 Å². The third-order valence-electron chi connectivity index (χ3n) is 3.67. The Kier molecular flexibility index (Phi) is 3.05. The highest BCUT2D eigenvalue weighted by Crippen LogP contribution is 2.30. The molecule has 5 heteroatoms. The topological polar surface area (TPSA) is 68.5 Å². The summed E-state index contributed by atoms with van der Waals surface area (Å²) in [6, 6.07) is 7.10. The first kappa shape index (κ1) is 13.4. The second-order valence-corrected chi connectivity index (χ2v) is 5.28. The fourth-order valence-electron chi connectivity index (χ4n) is 2.65. The number of carboxylic acids is 1. The molecular weight excluding hydrogens is 270 g/mol. The van der Waals surface area contributed by atoms with E-state index in [2.05, 4.69) is 0 Å². The van der Waals surface area contributed by atoms with Crippen molar-refractivity contribution in [3.8, 4) is 11.4 Å². The maximum Gasteiger partial charge on any atom is 0.341 e. The van der Waals surface area contributed by atoms with E-state index in [0.29, 0.717) is 11.3 Å². The molecule has 2 aromatic rings. The highest BCUT2D eigenvalue weighted by Gasteiger charge is 2.20. The summed E-state index contributed by atoms with van der Waals surface area (Å²) in [5.41, 5.74) is 1.43. The van der Waals surface area contributed by atoms with E-state index in [1.54, 1.807) is 25.3 Å². The molecule has 0 radical (unpaired) electrons. The normalized spacial score (nSPS) is 16.4. The van der Waals surface area contributed by atoms with E-state index in [4.69, 9.17) is 4.74 Å². The van der Waals surface area contributed by atoms with Gasteiger partial charge in [-0.25, -0.2) is 4.79 Å².